The van der Waals surface area contributed by atoms with Gasteiger partial charge in [-0.1, -0.05) is 6.07 Å². The minimum absolute atomic E-state index is 0.0341. The van der Waals surface area contributed by atoms with Crippen molar-refractivity contribution in [2.24, 2.45) is 0 Å². The molecule has 2 unspecified atom stereocenters. The Morgan fingerprint density at radius 3 is 2.35 bits per heavy atom. The van der Waals surface area contributed by atoms with E-state index in [0.717, 1.165) is 4.88 Å². The Hall–Kier alpha value is -1.66. The SMILES string of the molecule is CC1CN(C2=C(c3cccs3)C(=O)N(C(C)C)C2=O)CC(C)O1. The van der Waals surface area contributed by atoms with Crippen LogP contribution in [-0.4, -0.2) is 53.0 Å². The Kier molecular flexibility index (Phi) is 4.29. The predicted octanol–water partition coefficient (Wildman–Crippen LogP) is 2.35. The Morgan fingerprint density at radius 1 is 1.17 bits per heavy atom. The van der Waals surface area contributed by atoms with Crippen molar-refractivity contribution in [3.05, 3.63) is 28.1 Å². The molecule has 5 nitrogen and oxygen atoms in total. The van der Waals surface area contributed by atoms with Crippen LogP contribution in [0.2, 0.25) is 0 Å². The van der Waals surface area contributed by atoms with Crippen LogP contribution in [0.15, 0.2) is 23.2 Å². The second kappa shape index (κ2) is 6.09. The molecule has 1 fully saturated rings. The number of amides is 2. The van der Waals surface area contributed by atoms with Gasteiger partial charge in [-0.3, -0.25) is 14.5 Å². The van der Waals surface area contributed by atoms with Crippen LogP contribution in [-0.2, 0) is 14.3 Å². The highest BCUT2D eigenvalue weighted by molar-refractivity contribution is 7.11. The Labute approximate surface area is 140 Å². The van der Waals surface area contributed by atoms with E-state index in [2.05, 4.69) is 0 Å². The molecule has 1 aromatic rings. The molecule has 2 amide bonds. The van der Waals surface area contributed by atoms with Crippen LogP contribution in [0.1, 0.15) is 32.6 Å². The molecule has 1 saturated heterocycles. The number of carbonyl (C=O) groups excluding carboxylic acids is 2. The van der Waals surface area contributed by atoms with Crippen molar-refractivity contribution in [2.45, 2.75) is 45.9 Å². The van der Waals surface area contributed by atoms with Crippen LogP contribution < -0.4 is 0 Å². The fourth-order valence-electron chi connectivity index (χ4n) is 3.30. The van der Waals surface area contributed by atoms with Gasteiger partial charge in [0.2, 0.25) is 0 Å². The van der Waals surface area contributed by atoms with Crippen molar-refractivity contribution < 1.29 is 14.3 Å². The summed E-state index contributed by atoms with van der Waals surface area (Å²) < 4.78 is 5.77. The Morgan fingerprint density at radius 2 is 1.83 bits per heavy atom. The van der Waals surface area contributed by atoms with Crippen molar-refractivity contribution in [2.75, 3.05) is 13.1 Å². The number of hydrogen-bond donors (Lipinski definition) is 0. The number of thiophene rings is 1. The number of carbonyl (C=O) groups is 2. The highest BCUT2D eigenvalue weighted by Crippen LogP contribution is 2.35. The predicted molar refractivity (Wildman–Crippen MR) is 89.8 cm³/mol. The van der Waals surface area contributed by atoms with Crippen LogP contribution >= 0.6 is 11.3 Å². The molecule has 2 aliphatic heterocycles. The van der Waals surface area contributed by atoms with Gasteiger partial charge in [-0.05, 0) is 39.1 Å². The molecule has 0 bridgehead atoms. The molecule has 3 rings (SSSR count). The Bertz CT molecular complexity index is 641. The van der Waals surface area contributed by atoms with E-state index in [1.165, 1.54) is 16.2 Å². The molecule has 0 saturated carbocycles. The third-order valence-corrected chi connectivity index (χ3v) is 5.00. The summed E-state index contributed by atoms with van der Waals surface area (Å²) in [5, 5.41) is 1.93. The average Bonchev–Trinajstić information content (AvgIpc) is 3.03. The van der Waals surface area contributed by atoms with Crippen LogP contribution in [0.5, 0.6) is 0 Å². The van der Waals surface area contributed by atoms with Crippen LogP contribution in [0.25, 0.3) is 5.57 Å². The maximum absolute atomic E-state index is 12.9. The minimum atomic E-state index is -0.186. The molecular weight excluding hydrogens is 312 g/mol. The molecule has 0 N–H and O–H groups in total. The third-order valence-electron chi connectivity index (χ3n) is 4.11. The highest BCUT2D eigenvalue weighted by atomic mass is 32.1. The smallest absolute Gasteiger partial charge is 0.278 e. The molecule has 3 heterocycles. The molecule has 2 aliphatic rings. The van der Waals surface area contributed by atoms with Gasteiger partial charge in [0.15, 0.2) is 0 Å². The monoisotopic (exact) mass is 334 g/mol. The average molecular weight is 334 g/mol. The molecule has 124 valence electrons. The summed E-state index contributed by atoms with van der Waals surface area (Å²) in [5.74, 6) is -0.371. The van der Waals surface area contributed by atoms with Gasteiger partial charge in [0, 0.05) is 24.0 Å². The van der Waals surface area contributed by atoms with Crippen molar-refractivity contribution in [3.63, 3.8) is 0 Å². The zero-order valence-electron chi connectivity index (χ0n) is 13.9. The molecular formula is C17H22N2O3S. The van der Waals surface area contributed by atoms with Crippen molar-refractivity contribution >= 4 is 28.7 Å². The lowest BCUT2D eigenvalue weighted by Gasteiger charge is -2.37. The topological polar surface area (TPSA) is 49.9 Å². The first-order chi connectivity index (χ1) is 10.9. The Balaban J connectivity index is 2.07. The largest absolute Gasteiger partial charge is 0.372 e. The zero-order chi connectivity index (χ0) is 16.7. The summed E-state index contributed by atoms with van der Waals surface area (Å²) in [7, 11) is 0. The molecule has 1 aromatic heterocycles. The molecule has 2 atom stereocenters. The van der Waals surface area contributed by atoms with E-state index in [1.807, 2.05) is 50.1 Å². The fraction of sp³-hybridized carbons (Fsp3) is 0.529. The van der Waals surface area contributed by atoms with Gasteiger partial charge in [-0.25, -0.2) is 0 Å². The van der Waals surface area contributed by atoms with Crippen molar-refractivity contribution in [1.82, 2.24) is 9.80 Å². The van der Waals surface area contributed by atoms with E-state index in [1.54, 1.807) is 0 Å². The molecule has 0 aliphatic carbocycles. The highest BCUT2D eigenvalue weighted by Gasteiger charge is 2.44. The van der Waals surface area contributed by atoms with E-state index >= 15 is 0 Å². The van der Waals surface area contributed by atoms with Gasteiger partial charge in [-0.2, -0.15) is 0 Å². The van der Waals surface area contributed by atoms with E-state index in [-0.39, 0.29) is 30.1 Å². The first-order valence-corrected chi connectivity index (χ1v) is 8.84. The van der Waals surface area contributed by atoms with E-state index in [0.29, 0.717) is 24.4 Å². The van der Waals surface area contributed by atoms with E-state index in [4.69, 9.17) is 4.74 Å². The van der Waals surface area contributed by atoms with Crippen LogP contribution in [0.3, 0.4) is 0 Å². The lowest BCUT2D eigenvalue weighted by Crippen LogP contribution is -2.47. The second-order valence-corrected chi connectivity index (χ2v) is 7.38. The van der Waals surface area contributed by atoms with Gasteiger partial charge in [0.05, 0.1) is 17.8 Å². The number of nitrogens with zero attached hydrogens (tertiary/aromatic N) is 2. The van der Waals surface area contributed by atoms with Gasteiger partial charge < -0.3 is 9.64 Å². The van der Waals surface area contributed by atoms with E-state index in [9.17, 15) is 9.59 Å². The van der Waals surface area contributed by atoms with Crippen LogP contribution in [0.4, 0.5) is 0 Å². The normalized spacial score (nSPS) is 26.0. The summed E-state index contributed by atoms with van der Waals surface area (Å²) in [5.41, 5.74) is 1.08. The second-order valence-electron chi connectivity index (χ2n) is 6.44. The lowest BCUT2D eigenvalue weighted by molar-refractivity contribution is -0.140. The minimum Gasteiger partial charge on any atom is -0.372 e. The number of rotatable bonds is 3. The quantitative estimate of drug-likeness (QED) is 0.796. The maximum Gasteiger partial charge on any atom is 0.278 e. The van der Waals surface area contributed by atoms with Crippen LogP contribution in [0, 0.1) is 0 Å². The van der Waals surface area contributed by atoms with Gasteiger partial charge >= 0.3 is 0 Å². The van der Waals surface area contributed by atoms with Gasteiger partial charge in [-0.15, -0.1) is 11.3 Å². The third kappa shape index (κ3) is 2.81. The molecule has 0 spiro atoms. The summed E-state index contributed by atoms with van der Waals surface area (Å²) in [6.45, 7) is 8.98. The van der Waals surface area contributed by atoms with E-state index < -0.39 is 0 Å². The molecule has 6 heteroatoms. The zero-order valence-corrected chi connectivity index (χ0v) is 14.7. The maximum atomic E-state index is 12.9. The van der Waals surface area contributed by atoms with Gasteiger partial charge in [0.25, 0.3) is 11.8 Å². The van der Waals surface area contributed by atoms with Crippen molar-refractivity contribution in [3.8, 4) is 0 Å². The number of hydrogen-bond acceptors (Lipinski definition) is 5. The van der Waals surface area contributed by atoms with Gasteiger partial charge in [0.1, 0.15) is 5.70 Å². The number of morpholine rings is 1. The first kappa shape index (κ1) is 16.2. The molecule has 0 aromatic carbocycles. The summed E-state index contributed by atoms with van der Waals surface area (Å²) >= 11 is 1.49. The number of imide groups is 1. The summed E-state index contributed by atoms with van der Waals surface area (Å²) in [4.78, 5) is 30.1. The molecule has 23 heavy (non-hydrogen) atoms. The molecule has 0 radical (unpaired) electrons. The standard InChI is InChI=1S/C17H22N2O3S/c1-10(2)19-16(20)14(13-6-5-7-23-13)15(17(19)21)18-8-11(3)22-12(4)9-18/h5-7,10-12H,8-9H2,1-4H3. The fourth-order valence-corrected chi connectivity index (χ4v) is 4.06. The summed E-state index contributed by atoms with van der Waals surface area (Å²) in [6, 6.07) is 3.66. The number of ether oxygens (including phenoxy) is 1. The first-order valence-electron chi connectivity index (χ1n) is 7.96. The lowest BCUT2D eigenvalue weighted by atomic mass is 10.1. The summed E-state index contributed by atoms with van der Waals surface area (Å²) in [6.07, 6.45) is 0.0682. The van der Waals surface area contributed by atoms with Crippen molar-refractivity contribution in [1.29, 1.82) is 0 Å².